The summed E-state index contributed by atoms with van der Waals surface area (Å²) < 4.78 is 2.24. The molecule has 0 radical (unpaired) electrons. The number of rotatable bonds is 8. The maximum absolute atomic E-state index is 4.80. The first-order valence-electron chi connectivity index (χ1n) is 10.7. The van der Waals surface area contributed by atoms with Gasteiger partial charge in [-0.05, 0) is 38.2 Å². The highest BCUT2D eigenvalue weighted by molar-refractivity contribution is 5.79. The number of aryl methyl sites for hydroxylation is 1. The maximum Gasteiger partial charge on any atom is 0.191 e. The Labute approximate surface area is 168 Å². The third-order valence-corrected chi connectivity index (χ3v) is 5.99. The van der Waals surface area contributed by atoms with E-state index in [1.165, 1.54) is 18.4 Å². The fourth-order valence-corrected chi connectivity index (χ4v) is 4.03. The van der Waals surface area contributed by atoms with Crippen molar-refractivity contribution in [3.63, 3.8) is 0 Å². The molecule has 0 fully saturated rings. The second kappa shape index (κ2) is 9.71. The maximum atomic E-state index is 4.80. The molecule has 0 bridgehead atoms. The van der Waals surface area contributed by atoms with Crippen LogP contribution < -0.4 is 10.6 Å². The summed E-state index contributed by atoms with van der Waals surface area (Å²) in [7, 11) is 0. The van der Waals surface area contributed by atoms with E-state index in [0.717, 1.165) is 56.5 Å². The zero-order valence-electron chi connectivity index (χ0n) is 17.5. The minimum Gasteiger partial charge on any atom is -0.357 e. The molecule has 6 nitrogen and oxygen atoms in total. The molecular formula is C22H34N6. The molecule has 0 spiro atoms. The molecule has 1 aliphatic rings. The molecule has 0 unspecified atom stereocenters. The van der Waals surface area contributed by atoms with Gasteiger partial charge in [-0.25, -0.2) is 4.99 Å². The Morgan fingerprint density at radius 2 is 1.86 bits per heavy atom. The van der Waals surface area contributed by atoms with E-state index in [1.54, 1.807) is 0 Å². The van der Waals surface area contributed by atoms with Crippen molar-refractivity contribution in [3.05, 3.63) is 47.5 Å². The van der Waals surface area contributed by atoms with E-state index in [1.807, 2.05) is 0 Å². The van der Waals surface area contributed by atoms with Crippen LogP contribution in [0.3, 0.4) is 0 Å². The zero-order chi connectivity index (χ0) is 19.8. The van der Waals surface area contributed by atoms with Crippen molar-refractivity contribution in [2.75, 3.05) is 13.1 Å². The molecule has 0 saturated heterocycles. The van der Waals surface area contributed by atoms with Crippen LogP contribution in [0, 0.1) is 0 Å². The van der Waals surface area contributed by atoms with Crippen LogP contribution in [0.25, 0.3) is 0 Å². The van der Waals surface area contributed by atoms with Gasteiger partial charge < -0.3 is 15.2 Å². The normalized spacial score (nSPS) is 14.6. The van der Waals surface area contributed by atoms with Crippen LogP contribution in [0.15, 0.2) is 35.3 Å². The number of benzene rings is 1. The molecule has 0 atom stereocenters. The van der Waals surface area contributed by atoms with Gasteiger partial charge in [0.2, 0.25) is 0 Å². The average molecular weight is 383 g/mol. The Kier molecular flexibility index (Phi) is 7.06. The lowest BCUT2D eigenvalue weighted by atomic mass is 9.76. The van der Waals surface area contributed by atoms with Gasteiger partial charge in [-0.3, -0.25) is 0 Å². The standard InChI is InChI=1S/C22H34N6/c1-4-22(5-2,18-12-8-7-9-13-18)17-25-21(23-6-3)24-16-20-27-26-19-14-10-11-15-28(19)20/h7-9,12-13H,4-6,10-11,14-17H2,1-3H3,(H2,23,24,25). The lowest BCUT2D eigenvalue weighted by molar-refractivity contribution is 0.389. The van der Waals surface area contributed by atoms with Gasteiger partial charge in [-0.15, -0.1) is 10.2 Å². The Balaban J connectivity index is 1.71. The minimum absolute atomic E-state index is 0.103. The van der Waals surface area contributed by atoms with E-state index in [2.05, 4.69) is 76.5 Å². The lowest BCUT2D eigenvalue weighted by Gasteiger charge is -2.33. The van der Waals surface area contributed by atoms with Gasteiger partial charge >= 0.3 is 0 Å². The van der Waals surface area contributed by atoms with Crippen LogP contribution in [0.1, 0.15) is 63.7 Å². The molecule has 1 aromatic heterocycles. The fraction of sp³-hybridized carbons (Fsp3) is 0.591. The Morgan fingerprint density at radius 3 is 2.57 bits per heavy atom. The van der Waals surface area contributed by atoms with E-state index in [-0.39, 0.29) is 5.41 Å². The van der Waals surface area contributed by atoms with Crippen LogP contribution >= 0.6 is 0 Å². The van der Waals surface area contributed by atoms with Crippen molar-refractivity contribution in [3.8, 4) is 0 Å². The van der Waals surface area contributed by atoms with Crippen molar-refractivity contribution >= 4 is 5.96 Å². The molecule has 2 N–H and O–H groups in total. The van der Waals surface area contributed by atoms with Crippen LogP contribution in [0.5, 0.6) is 0 Å². The van der Waals surface area contributed by atoms with Gasteiger partial charge in [-0.2, -0.15) is 0 Å². The number of hydrogen-bond donors (Lipinski definition) is 2. The summed E-state index contributed by atoms with van der Waals surface area (Å²) in [5.74, 6) is 2.92. The molecule has 2 heterocycles. The molecule has 3 rings (SSSR count). The highest BCUT2D eigenvalue weighted by Gasteiger charge is 2.28. The fourth-order valence-electron chi connectivity index (χ4n) is 4.03. The van der Waals surface area contributed by atoms with Crippen LogP contribution in [0.2, 0.25) is 0 Å². The van der Waals surface area contributed by atoms with E-state index in [4.69, 9.17) is 4.99 Å². The minimum atomic E-state index is 0.103. The molecule has 152 valence electrons. The van der Waals surface area contributed by atoms with Gasteiger partial charge in [-0.1, -0.05) is 44.2 Å². The molecule has 1 aromatic carbocycles. The predicted molar refractivity (Wildman–Crippen MR) is 114 cm³/mol. The molecule has 0 saturated carbocycles. The van der Waals surface area contributed by atoms with Crippen LogP contribution in [-0.4, -0.2) is 33.8 Å². The summed E-state index contributed by atoms with van der Waals surface area (Å²) in [5.41, 5.74) is 1.49. The van der Waals surface area contributed by atoms with E-state index >= 15 is 0 Å². The van der Waals surface area contributed by atoms with Gasteiger partial charge in [0.25, 0.3) is 0 Å². The van der Waals surface area contributed by atoms with E-state index in [0.29, 0.717) is 6.54 Å². The highest BCUT2D eigenvalue weighted by atomic mass is 15.3. The number of nitrogens with one attached hydrogen (secondary N) is 2. The summed E-state index contributed by atoms with van der Waals surface area (Å²) in [6.07, 6.45) is 5.60. The van der Waals surface area contributed by atoms with Crippen LogP contribution in [0.4, 0.5) is 0 Å². The predicted octanol–water partition coefficient (Wildman–Crippen LogP) is 3.43. The second-order valence-corrected chi connectivity index (χ2v) is 7.54. The van der Waals surface area contributed by atoms with Gasteiger partial charge in [0, 0.05) is 31.5 Å². The van der Waals surface area contributed by atoms with Crippen LogP contribution in [-0.2, 0) is 24.9 Å². The number of aromatic nitrogens is 3. The summed E-state index contributed by atoms with van der Waals surface area (Å²) in [4.78, 5) is 4.80. The zero-order valence-corrected chi connectivity index (χ0v) is 17.5. The topological polar surface area (TPSA) is 67.1 Å². The summed E-state index contributed by atoms with van der Waals surface area (Å²) >= 11 is 0. The summed E-state index contributed by atoms with van der Waals surface area (Å²) in [6.45, 7) is 9.89. The summed E-state index contributed by atoms with van der Waals surface area (Å²) in [6, 6.07) is 10.8. The molecule has 2 aromatic rings. The summed E-state index contributed by atoms with van der Waals surface area (Å²) in [5, 5.41) is 15.7. The van der Waals surface area contributed by atoms with Gasteiger partial charge in [0.1, 0.15) is 12.4 Å². The Morgan fingerprint density at radius 1 is 1.07 bits per heavy atom. The highest BCUT2D eigenvalue weighted by Crippen LogP contribution is 2.30. The molecular weight excluding hydrogens is 348 g/mol. The van der Waals surface area contributed by atoms with Crippen molar-refractivity contribution in [2.45, 2.75) is 71.4 Å². The SMILES string of the molecule is CCNC(=NCc1nnc2n1CCCC2)NCC(CC)(CC)c1ccccc1. The Hall–Kier alpha value is -2.37. The number of hydrogen-bond acceptors (Lipinski definition) is 3. The number of guanidine groups is 1. The number of nitrogens with zero attached hydrogens (tertiary/aromatic N) is 4. The van der Waals surface area contributed by atoms with E-state index in [9.17, 15) is 0 Å². The van der Waals surface area contributed by atoms with E-state index < -0.39 is 0 Å². The Bertz CT molecular complexity index is 761. The van der Waals surface area contributed by atoms with Crippen molar-refractivity contribution in [2.24, 2.45) is 4.99 Å². The quantitative estimate of drug-likeness (QED) is 0.542. The molecule has 0 amide bonds. The smallest absolute Gasteiger partial charge is 0.191 e. The average Bonchev–Trinajstić information content (AvgIpc) is 3.17. The molecule has 6 heteroatoms. The van der Waals surface area contributed by atoms with Gasteiger partial charge in [0.15, 0.2) is 11.8 Å². The monoisotopic (exact) mass is 382 g/mol. The largest absolute Gasteiger partial charge is 0.357 e. The second-order valence-electron chi connectivity index (χ2n) is 7.54. The van der Waals surface area contributed by atoms with Crippen molar-refractivity contribution in [1.29, 1.82) is 0 Å². The molecule has 1 aliphatic heterocycles. The first-order valence-corrected chi connectivity index (χ1v) is 10.7. The van der Waals surface area contributed by atoms with Crippen molar-refractivity contribution < 1.29 is 0 Å². The third-order valence-electron chi connectivity index (χ3n) is 5.99. The number of fused-ring (bicyclic) bond motifs is 1. The van der Waals surface area contributed by atoms with Gasteiger partial charge in [0.05, 0.1) is 0 Å². The molecule has 28 heavy (non-hydrogen) atoms. The first kappa shape index (κ1) is 20.4. The first-order chi connectivity index (χ1) is 13.7. The molecule has 0 aliphatic carbocycles. The third kappa shape index (κ3) is 4.54. The number of aliphatic imine (C=N–C) groups is 1. The van der Waals surface area contributed by atoms with Crippen molar-refractivity contribution in [1.82, 2.24) is 25.4 Å². The lowest BCUT2D eigenvalue weighted by Crippen LogP contribution is -2.45.